The Morgan fingerprint density at radius 2 is 1.53 bits per heavy atom. The number of carbonyl (C=O) groups is 1. The van der Waals surface area contributed by atoms with E-state index in [-0.39, 0.29) is 11.4 Å². The molecule has 1 saturated heterocycles. The number of Topliss-reactive ketones (excluding diaryl/α,β-unsaturated/α-hetero) is 1. The van der Waals surface area contributed by atoms with Crippen LogP contribution in [0.2, 0.25) is 0 Å². The van der Waals surface area contributed by atoms with Gasteiger partial charge < -0.3 is 5.11 Å². The summed E-state index contributed by atoms with van der Waals surface area (Å²) in [5.41, 5.74) is 0.888. The summed E-state index contributed by atoms with van der Waals surface area (Å²) in [7, 11) is -4.04. The largest absolute Gasteiger partial charge is 0.384 e. The minimum absolute atomic E-state index is 0.0820. The standard InChI is InChI=1S/C26H25NO4S/c1-19-13-15-23(16-14-19)32(30,31)27-18-22(17-20-9-5-3-6-10-20)26(2,29)25(27)24(28)21-11-7-4-8-12-21/h3-17,25,29H,18H2,1-2H3/b22-17-. The Bertz CT molecular complexity index is 1250. The van der Waals surface area contributed by atoms with Crippen molar-refractivity contribution in [2.75, 3.05) is 6.54 Å². The van der Waals surface area contributed by atoms with Gasteiger partial charge in [-0.25, -0.2) is 8.42 Å². The summed E-state index contributed by atoms with van der Waals surface area (Å²) in [6, 6.07) is 23.0. The van der Waals surface area contributed by atoms with E-state index in [9.17, 15) is 18.3 Å². The van der Waals surface area contributed by atoms with Crippen LogP contribution in [0.25, 0.3) is 6.08 Å². The smallest absolute Gasteiger partial charge is 0.244 e. The minimum Gasteiger partial charge on any atom is -0.384 e. The highest BCUT2D eigenvalue weighted by Crippen LogP contribution is 2.39. The Balaban J connectivity index is 1.85. The summed E-state index contributed by atoms with van der Waals surface area (Å²) in [5.74, 6) is -0.442. The van der Waals surface area contributed by atoms with E-state index in [1.54, 1.807) is 48.5 Å². The second kappa shape index (κ2) is 8.47. The number of hydrogen-bond acceptors (Lipinski definition) is 4. The first-order chi connectivity index (χ1) is 15.2. The van der Waals surface area contributed by atoms with E-state index in [1.807, 2.05) is 37.3 Å². The van der Waals surface area contributed by atoms with E-state index in [2.05, 4.69) is 0 Å². The zero-order valence-corrected chi connectivity index (χ0v) is 18.8. The molecule has 3 aromatic carbocycles. The van der Waals surface area contributed by atoms with Gasteiger partial charge in [-0.2, -0.15) is 4.31 Å². The Labute approximate surface area is 188 Å². The second-order valence-corrected chi connectivity index (χ2v) is 10.1. The Kier molecular flexibility index (Phi) is 5.86. The molecule has 4 rings (SSSR count). The van der Waals surface area contributed by atoms with Crippen molar-refractivity contribution >= 4 is 21.9 Å². The molecule has 164 valence electrons. The first-order valence-corrected chi connectivity index (χ1v) is 11.8. The third-order valence-corrected chi connectivity index (χ3v) is 7.70. The van der Waals surface area contributed by atoms with Crippen molar-refractivity contribution in [2.45, 2.75) is 30.4 Å². The normalized spacial score (nSPS) is 22.8. The van der Waals surface area contributed by atoms with Gasteiger partial charge in [0, 0.05) is 12.1 Å². The van der Waals surface area contributed by atoms with Crippen molar-refractivity contribution in [1.82, 2.24) is 4.31 Å². The van der Waals surface area contributed by atoms with E-state index >= 15 is 0 Å². The lowest BCUT2D eigenvalue weighted by molar-refractivity contribution is 0.0501. The van der Waals surface area contributed by atoms with Crippen LogP contribution in [0.3, 0.4) is 0 Å². The lowest BCUT2D eigenvalue weighted by Crippen LogP contribution is -2.50. The van der Waals surface area contributed by atoms with Crippen LogP contribution in [0.15, 0.2) is 95.4 Å². The molecule has 1 aliphatic heterocycles. The van der Waals surface area contributed by atoms with Crippen LogP contribution in [0.4, 0.5) is 0 Å². The molecular formula is C26H25NO4S. The first-order valence-electron chi connectivity index (χ1n) is 10.4. The fourth-order valence-corrected chi connectivity index (χ4v) is 5.67. The molecule has 32 heavy (non-hydrogen) atoms. The number of sulfonamides is 1. The number of nitrogens with zero attached hydrogens (tertiary/aromatic N) is 1. The molecule has 5 nitrogen and oxygen atoms in total. The monoisotopic (exact) mass is 447 g/mol. The summed E-state index contributed by atoms with van der Waals surface area (Å²) in [6.07, 6.45) is 1.76. The van der Waals surface area contributed by atoms with Gasteiger partial charge in [-0.3, -0.25) is 4.79 Å². The Hall–Kier alpha value is -3.06. The van der Waals surface area contributed by atoms with Crippen LogP contribution in [0.5, 0.6) is 0 Å². The maximum absolute atomic E-state index is 13.6. The molecule has 2 unspecified atom stereocenters. The van der Waals surface area contributed by atoms with Crippen LogP contribution in [-0.4, -0.2) is 41.8 Å². The molecule has 3 aromatic rings. The molecule has 0 bridgehead atoms. The number of benzene rings is 3. The average Bonchev–Trinajstić information content (AvgIpc) is 3.05. The van der Waals surface area contributed by atoms with Gasteiger partial charge in [0.2, 0.25) is 10.0 Å². The molecular weight excluding hydrogens is 422 g/mol. The van der Waals surface area contributed by atoms with Gasteiger partial charge in [-0.05, 0) is 37.1 Å². The highest BCUT2D eigenvalue weighted by Gasteiger charge is 2.54. The maximum atomic E-state index is 13.6. The van der Waals surface area contributed by atoms with Crippen LogP contribution >= 0.6 is 0 Å². The molecule has 0 radical (unpaired) electrons. The van der Waals surface area contributed by atoms with Crippen LogP contribution in [0, 0.1) is 6.92 Å². The van der Waals surface area contributed by atoms with Gasteiger partial charge in [0.25, 0.3) is 0 Å². The van der Waals surface area contributed by atoms with Gasteiger partial charge in [-0.15, -0.1) is 0 Å². The third kappa shape index (κ3) is 4.05. The molecule has 1 heterocycles. The van der Waals surface area contributed by atoms with Crippen molar-refractivity contribution in [3.05, 3.63) is 107 Å². The van der Waals surface area contributed by atoms with E-state index in [4.69, 9.17) is 0 Å². The first kappa shape index (κ1) is 22.1. The number of aryl methyl sites for hydroxylation is 1. The molecule has 6 heteroatoms. The molecule has 1 N–H and O–H groups in total. The molecule has 0 aliphatic carbocycles. The van der Waals surface area contributed by atoms with Gasteiger partial charge in [-0.1, -0.05) is 84.4 Å². The number of aliphatic hydroxyl groups is 1. The van der Waals surface area contributed by atoms with Gasteiger partial charge in [0.15, 0.2) is 5.78 Å². The molecule has 0 spiro atoms. The highest BCUT2D eigenvalue weighted by atomic mass is 32.2. The van der Waals surface area contributed by atoms with Crippen LogP contribution < -0.4 is 0 Å². The Morgan fingerprint density at radius 3 is 2.12 bits per heavy atom. The predicted octanol–water partition coefficient (Wildman–Crippen LogP) is 4.09. The summed E-state index contributed by atoms with van der Waals surface area (Å²) in [4.78, 5) is 13.6. The van der Waals surface area contributed by atoms with Crippen LogP contribution in [-0.2, 0) is 10.0 Å². The molecule has 0 saturated carbocycles. The van der Waals surface area contributed by atoms with Crippen molar-refractivity contribution in [1.29, 1.82) is 0 Å². The minimum atomic E-state index is -4.04. The third-order valence-electron chi connectivity index (χ3n) is 5.87. The van der Waals surface area contributed by atoms with Crippen molar-refractivity contribution in [2.24, 2.45) is 0 Å². The average molecular weight is 448 g/mol. The molecule has 0 amide bonds. The van der Waals surface area contributed by atoms with E-state index < -0.39 is 27.4 Å². The van der Waals surface area contributed by atoms with Gasteiger partial charge >= 0.3 is 0 Å². The molecule has 1 fully saturated rings. The summed E-state index contributed by atoms with van der Waals surface area (Å²) in [5, 5.41) is 11.5. The van der Waals surface area contributed by atoms with Crippen LogP contribution in [0.1, 0.15) is 28.4 Å². The lowest BCUT2D eigenvalue weighted by atomic mass is 9.87. The molecule has 2 atom stereocenters. The quantitative estimate of drug-likeness (QED) is 0.598. The SMILES string of the molecule is Cc1ccc(S(=O)(=O)N2C/C(=C/c3ccccc3)C(C)(O)C2C(=O)c2ccccc2)cc1. The second-order valence-electron chi connectivity index (χ2n) is 8.22. The Morgan fingerprint density at radius 1 is 0.969 bits per heavy atom. The summed E-state index contributed by atoms with van der Waals surface area (Å²) < 4.78 is 28.4. The zero-order chi connectivity index (χ0) is 22.9. The summed E-state index contributed by atoms with van der Waals surface area (Å²) >= 11 is 0. The highest BCUT2D eigenvalue weighted by molar-refractivity contribution is 7.89. The number of ketones is 1. The van der Waals surface area contributed by atoms with Gasteiger partial charge in [0.1, 0.15) is 11.6 Å². The molecule has 0 aromatic heterocycles. The zero-order valence-electron chi connectivity index (χ0n) is 18.0. The van der Waals surface area contributed by atoms with E-state index in [1.165, 1.54) is 19.1 Å². The lowest BCUT2D eigenvalue weighted by Gasteiger charge is -2.30. The number of rotatable bonds is 5. The predicted molar refractivity (Wildman–Crippen MR) is 125 cm³/mol. The summed E-state index contributed by atoms with van der Waals surface area (Å²) in [6.45, 7) is 3.30. The van der Waals surface area contributed by atoms with E-state index in [0.717, 1.165) is 15.4 Å². The fraction of sp³-hybridized carbons (Fsp3) is 0.192. The van der Waals surface area contributed by atoms with Gasteiger partial charge in [0.05, 0.1) is 4.90 Å². The maximum Gasteiger partial charge on any atom is 0.244 e. The van der Waals surface area contributed by atoms with Crippen molar-refractivity contribution in [3.8, 4) is 0 Å². The molecule has 1 aliphatic rings. The number of carbonyl (C=O) groups excluding carboxylic acids is 1. The number of hydrogen-bond donors (Lipinski definition) is 1. The topological polar surface area (TPSA) is 74.7 Å². The van der Waals surface area contributed by atoms with E-state index in [0.29, 0.717) is 11.1 Å². The van der Waals surface area contributed by atoms with Crippen molar-refractivity contribution < 1.29 is 18.3 Å². The fourth-order valence-electron chi connectivity index (χ4n) is 4.03. The van der Waals surface area contributed by atoms with Crippen molar-refractivity contribution in [3.63, 3.8) is 0 Å².